The van der Waals surface area contributed by atoms with Gasteiger partial charge in [-0.2, -0.15) is 11.8 Å². The first-order valence-corrected chi connectivity index (χ1v) is 7.26. The van der Waals surface area contributed by atoms with Gasteiger partial charge in [-0.25, -0.2) is 0 Å². The lowest BCUT2D eigenvalue weighted by atomic mass is 10.2. The molecule has 1 saturated carbocycles. The molecular formula is C11H15BrN2S. The zero-order valence-corrected chi connectivity index (χ0v) is 11.1. The van der Waals surface area contributed by atoms with E-state index in [1.807, 2.05) is 24.2 Å². The fourth-order valence-electron chi connectivity index (χ4n) is 2.01. The van der Waals surface area contributed by atoms with Gasteiger partial charge in [-0.15, -0.1) is 0 Å². The van der Waals surface area contributed by atoms with E-state index in [0.717, 1.165) is 15.4 Å². The molecule has 82 valence electrons. The average Bonchev–Trinajstić information content (AvgIpc) is 2.65. The van der Waals surface area contributed by atoms with Crippen LogP contribution in [0.1, 0.15) is 19.3 Å². The number of anilines is 1. The van der Waals surface area contributed by atoms with Crippen LogP contribution in [0.25, 0.3) is 0 Å². The molecule has 2 rings (SSSR count). The second kappa shape index (κ2) is 5.21. The molecule has 1 fully saturated rings. The van der Waals surface area contributed by atoms with E-state index in [1.165, 1.54) is 19.3 Å². The van der Waals surface area contributed by atoms with Gasteiger partial charge in [0.15, 0.2) is 0 Å². The van der Waals surface area contributed by atoms with E-state index in [2.05, 4.69) is 38.6 Å². The fraction of sp³-hybridized carbons (Fsp3) is 0.545. The minimum absolute atomic E-state index is 0.624. The van der Waals surface area contributed by atoms with E-state index in [1.54, 1.807) is 0 Å². The van der Waals surface area contributed by atoms with Crippen LogP contribution < -0.4 is 5.32 Å². The van der Waals surface area contributed by atoms with Crippen molar-refractivity contribution in [1.29, 1.82) is 0 Å². The van der Waals surface area contributed by atoms with Crippen molar-refractivity contribution < 1.29 is 0 Å². The molecule has 15 heavy (non-hydrogen) atoms. The van der Waals surface area contributed by atoms with Gasteiger partial charge in [0, 0.05) is 22.0 Å². The van der Waals surface area contributed by atoms with Crippen molar-refractivity contribution in [3.63, 3.8) is 0 Å². The maximum absolute atomic E-state index is 4.15. The molecule has 0 saturated heterocycles. The van der Waals surface area contributed by atoms with Crippen molar-refractivity contribution in [3.05, 3.63) is 22.9 Å². The van der Waals surface area contributed by atoms with Crippen LogP contribution in [0.5, 0.6) is 0 Å². The monoisotopic (exact) mass is 286 g/mol. The number of hydrogen-bond acceptors (Lipinski definition) is 3. The molecule has 4 heteroatoms. The van der Waals surface area contributed by atoms with Crippen molar-refractivity contribution in [3.8, 4) is 0 Å². The van der Waals surface area contributed by atoms with Gasteiger partial charge >= 0.3 is 0 Å². The summed E-state index contributed by atoms with van der Waals surface area (Å²) in [5.41, 5.74) is 1.12. The van der Waals surface area contributed by atoms with Gasteiger partial charge in [-0.05, 0) is 47.5 Å². The van der Waals surface area contributed by atoms with Gasteiger partial charge < -0.3 is 5.32 Å². The fourth-order valence-corrected chi connectivity index (χ4v) is 3.17. The Labute approximate surface area is 103 Å². The molecule has 2 atom stereocenters. The Hall–Kier alpha value is -0.220. The summed E-state index contributed by atoms with van der Waals surface area (Å²) >= 11 is 5.42. The second-order valence-corrected chi connectivity index (χ2v) is 5.96. The van der Waals surface area contributed by atoms with E-state index in [4.69, 9.17) is 0 Å². The predicted octanol–water partition coefficient (Wildman–Crippen LogP) is 3.54. The Balaban J connectivity index is 1.92. The van der Waals surface area contributed by atoms with Crippen LogP contribution >= 0.6 is 27.7 Å². The highest BCUT2D eigenvalue weighted by molar-refractivity contribution is 9.10. The molecular weight excluding hydrogens is 272 g/mol. The summed E-state index contributed by atoms with van der Waals surface area (Å²) in [6, 6.07) is 2.71. The molecule has 0 aromatic carbocycles. The van der Waals surface area contributed by atoms with E-state index < -0.39 is 0 Å². The maximum atomic E-state index is 4.15. The molecule has 1 aromatic rings. The van der Waals surface area contributed by atoms with Crippen LogP contribution in [0.2, 0.25) is 0 Å². The smallest absolute Gasteiger partial charge is 0.0540 e. The van der Waals surface area contributed by atoms with Gasteiger partial charge in [-0.1, -0.05) is 0 Å². The van der Waals surface area contributed by atoms with Gasteiger partial charge in [0.25, 0.3) is 0 Å². The van der Waals surface area contributed by atoms with Crippen LogP contribution in [0.4, 0.5) is 5.69 Å². The first kappa shape index (κ1) is 11.3. The Morgan fingerprint density at radius 1 is 1.47 bits per heavy atom. The van der Waals surface area contributed by atoms with Crippen molar-refractivity contribution >= 4 is 33.4 Å². The molecule has 2 nitrogen and oxygen atoms in total. The molecule has 0 bridgehead atoms. The second-order valence-electron chi connectivity index (χ2n) is 3.90. The van der Waals surface area contributed by atoms with Crippen molar-refractivity contribution in [1.82, 2.24) is 4.98 Å². The van der Waals surface area contributed by atoms with E-state index in [-0.39, 0.29) is 0 Å². The number of aromatic nitrogens is 1. The third kappa shape index (κ3) is 3.11. The lowest BCUT2D eigenvalue weighted by Crippen LogP contribution is -2.15. The van der Waals surface area contributed by atoms with Crippen LogP contribution in [0.15, 0.2) is 22.9 Å². The summed E-state index contributed by atoms with van der Waals surface area (Å²) in [5, 5.41) is 4.38. The SMILES string of the molecule is CSC1CCC(Nc2cncc(Br)c2)C1. The van der Waals surface area contributed by atoms with Crippen molar-refractivity contribution in [2.24, 2.45) is 0 Å². The van der Waals surface area contributed by atoms with E-state index >= 15 is 0 Å². The highest BCUT2D eigenvalue weighted by Crippen LogP contribution is 2.30. The third-order valence-electron chi connectivity index (χ3n) is 2.79. The molecule has 0 amide bonds. The maximum Gasteiger partial charge on any atom is 0.0540 e. The topological polar surface area (TPSA) is 24.9 Å². The summed E-state index contributed by atoms with van der Waals surface area (Å²) in [6.07, 6.45) is 9.78. The minimum Gasteiger partial charge on any atom is -0.381 e. The lowest BCUT2D eigenvalue weighted by Gasteiger charge is -2.13. The summed E-state index contributed by atoms with van der Waals surface area (Å²) in [6.45, 7) is 0. The van der Waals surface area contributed by atoms with Gasteiger partial charge in [-0.3, -0.25) is 4.98 Å². The summed E-state index contributed by atoms with van der Waals surface area (Å²) in [5.74, 6) is 0. The predicted molar refractivity (Wildman–Crippen MR) is 70.5 cm³/mol. The Morgan fingerprint density at radius 3 is 3.00 bits per heavy atom. The molecule has 1 aromatic heterocycles. The molecule has 1 heterocycles. The first-order chi connectivity index (χ1) is 7.28. The standard InChI is InChI=1S/C11H15BrN2S/c1-15-11-3-2-9(5-11)14-10-4-8(12)6-13-7-10/h4,6-7,9,11,14H,2-3,5H2,1H3. The Morgan fingerprint density at radius 2 is 2.33 bits per heavy atom. The zero-order chi connectivity index (χ0) is 10.7. The number of pyridine rings is 1. The van der Waals surface area contributed by atoms with Crippen LogP contribution in [-0.2, 0) is 0 Å². The summed E-state index contributed by atoms with van der Waals surface area (Å²) < 4.78 is 1.03. The van der Waals surface area contributed by atoms with E-state index in [0.29, 0.717) is 6.04 Å². The number of halogens is 1. The highest BCUT2D eigenvalue weighted by Gasteiger charge is 2.23. The van der Waals surface area contributed by atoms with E-state index in [9.17, 15) is 0 Å². The molecule has 0 radical (unpaired) electrons. The normalized spacial score (nSPS) is 25.5. The molecule has 0 aliphatic heterocycles. The number of rotatable bonds is 3. The van der Waals surface area contributed by atoms with Gasteiger partial charge in [0.2, 0.25) is 0 Å². The average molecular weight is 287 g/mol. The van der Waals surface area contributed by atoms with Crippen molar-refractivity contribution in [2.45, 2.75) is 30.6 Å². The van der Waals surface area contributed by atoms with Crippen LogP contribution in [0, 0.1) is 0 Å². The molecule has 0 spiro atoms. The minimum atomic E-state index is 0.624. The Kier molecular flexibility index (Phi) is 3.92. The number of hydrogen-bond donors (Lipinski definition) is 1. The Bertz CT molecular complexity index is 332. The van der Waals surface area contributed by atoms with Crippen molar-refractivity contribution in [2.75, 3.05) is 11.6 Å². The largest absolute Gasteiger partial charge is 0.381 e. The van der Waals surface area contributed by atoms with Crippen LogP contribution in [-0.4, -0.2) is 22.5 Å². The molecule has 1 aliphatic rings. The highest BCUT2D eigenvalue weighted by atomic mass is 79.9. The lowest BCUT2D eigenvalue weighted by molar-refractivity contribution is 0.756. The number of nitrogens with zero attached hydrogens (tertiary/aromatic N) is 1. The number of thioether (sulfide) groups is 1. The molecule has 1 N–H and O–H groups in total. The molecule has 2 unspecified atom stereocenters. The van der Waals surface area contributed by atoms with Crippen LogP contribution in [0.3, 0.4) is 0 Å². The summed E-state index contributed by atoms with van der Waals surface area (Å²) in [4.78, 5) is 4.15. The zero-order valence-electron chi connectivity index (χ0n) is 8.74. The quantitative estimate of drug-likeness (QED) is 0.920. The van der Waals surface area contributed by atoms with Gasteiger partial charge in [0.05, 0.1) is 11.9 Å². The third-order valence-corrected chi connectivity index (χ3v) is 4.32. The number of nitrogens with one attached hydrogen (secondary N) is 1. The molecule has 1 aliphatic carbocycles. The summed E-state index contributed by atoms with van der Waals surface area (Å²) in [7, 11) is 0. The van der Waals surface area contributed by atoms with Gasteiger partial charge in [0.1, 0.15) is 0 Å². The first-order valence-electron chi connectivity index (χ1n) is 5.18.